The van der Waals surface area contributed by atoms with E-state index in [2.05, 4.69) is 0 Å². The van der Waals surface area contributed by atoms with Crippen LogP contribution in [0, 0.1) is 17.8 Å². The molecule has 2 aromatic carbocycles. The van der Waals surface area contributed by atoms with Crippen LogP contribution < -0.4 is 4.90 Å². The minimum absolute atomic E-state index is 0.0211. The number of fused-ring (bicyclic) bond motifs is 1. The number of hydrogen-bond donors (Lipinski definition) is 0. The van der Waals surface area contributed by atoms with Gasteiger partial charge in [-0.3, -0.25) is 19.3 Å². The van der Waals surface area contributed by atoms with Gasteiger partial charge in [-0.2, -0.15) is 0 Å². The maximum Gasteiger partial charge on any atom is 0.338 e. The molecule has 0 unspecified atom stereocenters. The van der Waals surface area contributed by atoms with Crippen LogP contribution in [0.3, 0.4) is 0 Å². The van der Waals surface area contributed by atoms with Gasteiger partial charge in [0.15, 0.2) is 12.4 Å². The summed E-state index contributed by atoms with van der Waals surface area (Å²) in [5.41, 5.74) is 0.864. The van der Waals surface area contributed by atoms with Crippen molar-refractivity contribution in [2.75, 3.05) is 11.5 Å². The number of carbonyl (C=O) groups excluding carboxylic acids is 4. The maximum atomic E-state index is 12.9. The van der Waals surface area contributed by atoms with Gasteiger partial charge in [-0.15, -0.1) is 0 Å². The molecule has 3 atom stereocenters. The number of Topliss-reactive ketones (excluding diaryl/α,β-unsaturated/α-hetero) is 1. The summed E-state index contributed by atoms with van der Waals surface area (Å²) in [4.78, 5) is 51.7. The van der Waals surface area contributed by atoms with Crippen LogP contribution in [0.1, 0.15) is 34.1 Å². The Bertz CT molecular complexity index is 1090. The summed E-state index contributed by atoms with van der Waals surface area (Å²) < 4.78 is 5.14. The summed E-state index contributed by atoms with van der Waals surface area (Å²) >= 11 is 5.81. The number of imide groups is 1. The van der Waals surface area contributed by atoms with Crippen molar-refractivity contribution in [3.8, 4) is 0 Å². The predicted molar refractivity (Wildman–Crippen MR) is 115 cm³/mol. The van der Waals surface area contributed by atoms with Gasteiger partial charge in [0.05, 0.1) is 23.1 Å². The van der Waals surface area contributed by atoms with E-state index in [-0.39, 0.29) is 40.9 Å². The number of amides is 2. The summed E-state index contributed by atoms with van der Waals surface area (Å²) in [5, 5.41) is 0.501. The Morgan fingerprint density at radius 1 is 1.06 bits per heavy atom. The second-order valence-electron chi connectivity index (χ2n) is 7.72. The van der Waals surface area contributed by atoms with Crippen molar-refractivity contribution in [3.05, 3.63) is 76.8 Å². The molecule has 1 fully saturated rings. The molecule has 0 aromatic heterocycles. The summed E-state index contributed by atoms with van der Waals surface area (Å²) in [6, 6.07) is 12.4. The minimum atomic E-state index is -0.712. The number of allylic oxidation sites excluding steroid dienone is 2. The molecule has 2 aromatic rings. The molecule has 0 saturated carbocycles. The van der Waals surface area contributed by atoms with Gasteiger partial charge in [-0.25, -0.2) is 4.79 Å². The fourth-order valence-electron chi connectivity index (χ4n) is 4.11. The molecule has 4 rings (SSSR count). The molecule has 6 nitrogen and oxygen atoms in total. The fraction of sp³-hybridized carbons (Fsp3) is 0.250. The smallest absolute Gasteiger partial charge is 0.338 e. The molecule has 2 aliphatic rings. The first-order valence-electron chi connectivity index (χ1n) is 9.97. The van der Waals surface area contributed by atoms with Gasteiger partial charge in [-0.05, 0) is 54.8 Å². The fourth-order valence-corrected chi connectivity index (χ4v) is 4.23. The lowest BCUT2D eigenvalue weighted by atomic mass is 9.78. The number of carbonyl (C=O) groups is 4. The molecule has 2 amide bonds. The Balaban J connectivity index is 1.47. The van der Waals surface area contributed by atoms with Gasteiger partial charge in [0.1, 0.15) is 0 Å². The number of nitrogens with zero attached hydrogens (tertiary/aromatic N) is 1. The number of ketones is 1. The molecular formula is C24H20ClNO5. The molecule has 0 radical (unpaired) electrons. The third-order valence-corrected chi connectivity index (χ3v) is 5.97. The van der Waals surface area contributed by atoms with E-state index in [1.54, 1.807) is 36.4 Å². The van der Waals surface area contributed by atoms with Crippen molar-refractivity contribution < 1.29 is 23.9 Å². The monoisotopic (exact) mass is 437 g/mol. The molecular weight excluding hydrogens is 418 g/mol. The van der Waals surface area contributed by atoms with Crippen LogP contribution in [0.25, 0.3) is 0 Å². The summed E-state index contributed by atoms with van der Waals surface area (Å²) in [7, 11) is 0. The van der Waals surface area contributed by atoms with E-state index in [4.69, 9.17) is 16.3 Å². The van der Waals surface area contributed by atoms with Crippen LogP contribution in [-0.4, -0.2) is 30.2 Å². The lowest BCUT2D eigenvalue weighted by molar-refractivity contribution is -0.122. The first-order valence-corrected chi connectivity index (χ1v) is 10.3. The Hall–Kier alpha value is -3.25. The number of rotatable bonds is 5. The van der Waals surface area contributed by atoms with Gasteiger partial charge in [-0.1, -0.05) is 36.7 Å². The minimum Gasteiger partial charge on any atom is -0.454 e. The summed E-state index contributed by atoms with van der Waals surface area (Å²) in [5.74, 6) is -2.37. The number of hydrogen-bond acceptors (Lipinski definition) is 5. The standard InChI is InChI=1S/C24H20ClNO5/c1-14-4-2-7-19-21(14)23(29)26(22(19)28)18-6-3-5-16(12-18)24(30)31-13-20(27)15-8-10-17(25)11-9-15/h2-6,8-12,14,19,21H,7,13H2,1H3/t14-,19-,21+/m0/s1. The van der Waals surface area contributed by atoms with Crippen LogP contribution in [-0.2, 0) is 14.3 Å². The van der Waals surface area contributed by atoms with Crippen molar-refractivity contribution in [1.82, 2.24) is 0 Å². The lowest BCUT2D eigenvalue weighted by Gasteiger charge is -2.22. The quantitative estimate of drug-likeness (QED) is 0.305. The highest BCUT2D eigenvalue weighted by molar-refractivity contribution is 6.30. The van der Waals surface area contributed by atoms with E-state index in [1.165, 1.54) is 12.1 Å². The van der Waals surface area contributed by atoms with Crippen LogP contribution >= 0.6 is 11.6 Å². The average molecular weight is 438 g/mol. The van der Waals surface area contributed by atoms with Gasteiger partial charge >= 0.3 is 5.97 Å². The SMILES string of the molecule is C[C@H]1C=CC[C@@H]2C(=O)N(c3cccc(C(=O)OCC(=O)c4ccc(Cl)cc4)c3)C(=O)[C@@H]21. The normalized spacial score (nSPS) is 22.4. The molecule has 31 heavy (non-hydrogen) atoms. The Morgan fingerprint density at radius 2 is 1.81 bits per heavy atom. The highest BCUT2D eigenvalue weighted by atomic mass is 35.5. The topological polar surface area (TPSA) is 80.8 Å². The number of esters is 1. The molecule has 0 N–H and O–H groups in total. The van der Waals surface area contributed by atoms with Crippen LogP contribution in [0.5, 0.6) is 0 Å². The lowest BCUT2D eigenvalue weighted by Crippen LogP contribution is -2.31. The maximum absolute atomic E-state index is 12.9. The molecule has 1 aliphatic carbocycles. The zero-order chi connectivity index (χ0) is 22.1. The second kappa shape index (κ2) is 8.47. The number of benzene rings is 2. The molecule has 158 valence electrons. The highest BCUT2D eigenvalue weighted by Gasteiger charge is 2.50. The van der Waals surface area contributed by atoms with Crippen molar-refractivity contribution in [2.24, 2.45) is 17.8 Å². The van der Waals surface area contributed by atoms with E-state index >= 15 is 0 Å². The van der Waals surface area contributed by atoms with Gasteiger partial charge < -0.3 is 4.74 Å². The summed E-state index contributed by atoms with van der Waals surface area (Å²) in [6.45, 7) is 1.49. The van der Waals surface area contributed by atoms with Crippen LogP contribution in [0.4, 0.5) is 5.69 Å². The van der Waals surface area contributed by atoms with Crippen molar-refractivity contribution in [3.63, 3.8) is 0 Å². The Labute approximate surface area is 184 Å². The average Bonchev–Trinajstić information content (AvgIpc) is 3.03. The van der Waals surface area contributed by atoms with Crippen LogP contribution in [0.2, 0.25) is 5.02 Å². The molecule has 1 saturated heterocycles. The third-order valence-electron chi connectivity index (χ3n) is 5.71. The number of ether oxygens (including phenoxy) is 1. The third kappa shape index (κ3) is 4.03. The number of halogens is 1. The van der Waals surface area contributed by atoms with E-state index in [0.717, 1.165) is 4.90 Å². The Kier molecular flexibility index (Phi) is 5.74. The van der Waals surface area contributed by atoms with E-state index < -0.39 is 12.6 Å². The predicted octanol–water partition coefficient (Wildman–Crippen LogP) is 4.08. The zero-order valence-corrected chi connectivity index (χ0v) is 17.5. The molecule has 7 heteroatoms. The highest BCUT2D eigenvalue weighted by Crippen LogP contribution is 2.40. The largest absolute Gasteiger partial charge is 0.454 e. The van der Waals surface area contributed by atoms with Gasteiger partial charge in [0.2, 0.25) is 11.8 Å². The zero-order valence-electron chi connectivity index (χ0n) is 16.8. The van der Waals surface area contributed by atoms with Crippen molar-refractivity contribution >= 4 is 40.9 Å². The van der Waals surface area contributed by atoms with E-state index in [1.807, 2.05) is 19.1 Å². The first-order chi connectivity index (χ1) is 14.9. The van der Waals surface area contributed by atoms with E-state index in [0.29, 0.717) is 22.7 Å². The molecule has 0 spiro atoms. The van der Waals surface area contributed by atoms with Crippen LogP contribution in [0.15, 0.2) is 60.7 Å². The molecule has 1 heterocycles. The van der Waals surface area contributed by atoms with E-state index in [9.17, 15) is 19.2 Å². The second-order valence-corrected chi connectivity index (χ2v) is 8.16. The molecule has 1 aliphatic heterocycles. The Morgan fingerprint density at radius 3 is 2.52 bits per heavy atom. The summed E-state index contributed by atoms with van der Waals surface area (Å²) in [6.07, 6.45) is 4.43. The number of anilines is 1. The van der Waals surface area contributed by atoms with Crippen molar-refractivity contribution in [2.45, 2.75) is 13.3 Å². The molecule has 0 bridgehead atoms. The first kappa shape index (κ1) is 21.0. The van der Waals surface area contributed by atoms with Gasteiger partial charge in [0.25, 0.3) is 0 Å². The van der Waals surface area contributed by atoms with Gasteiger partial charge in [0, 0.05) is 10.6 Å². The van der Waals surface area contributed by atoms with Crippen molar-refractivity contribution in [1.29, 1.82) is 0 Å².